The van der Waals surface area contributed by atoms with Crippen LogP contribution in [0, 0.1) is 0 Å². The maximum absolute atomic E-state index is 16.3. The molecule has 52 heavy (non-hydrogen) atoms. The van der Waals surface area contributed by atoms with Crippen LogP contribution in [0.1, 0.15) is 26.3 Å². The molecule has 0 amide bonds. The van der Waals surface area contributed by atoms with Gasteiger partial charge in [0.25, 0.3) is 0 Å². The molecule has 6 unspecified atom stereocenters. The predicted octanol–water partition coefficient (Wildman–Crippen LogP) is 2.54. The van der Waals surface area contributed by atoms with Gasteiger partial charge in [0, 0.05) is 11.4 Å². The number of hydrogen-bond donors (Lipinski definition) is 4. The Balaban J connectivity index is 1.22. The summed E-state index contributed by atoms with van der Waals surface area (Å²) in [6, 6.07) is 0. The lowest BCUT2D eigenvalue weighted by atomic mass is 10.1. The fourth-order valence-electron chi connectivity index (χ4n) is 5.61. The molecule has 3 saturated heterocycles. The third-order valence-corrected chi connectivity index (χ3v) is 12.9. The van der Waals surface area contributed by atoms with Crippen molar-refractivity contribution in [2.75, 3.05) is 30.6 Å². The van der Waals surface area contributed by atoms with Crippen molar-refractivity contribution in [2.45, 2.75) is 69.1 Å². The first kappa shape index (κ1) is 37.1. The molecule has 0 aliphatic carbocycles. The van der Waals surface area contributed by atoms with E-state index in [1.807, 2.05) is 0 Å². The number of carbonyl (C=O) groups excluding carboxylic acids is 1. The molecule has 0 saturated carbocycles. The van der Waals surface area contributed by atoms with Gasteiger partial charge in [0.1, 0.15) is 54.2 Å². The van der Waals surface area contributed by atoms with Crippen molar-refractivity contribution in [3.05, 3.63) is 25.3 Å². The smallest absolute Gasteiger partial charge is 0.432 e. The van der Waals surface area contributed by atoms with E-state index in [1.165, 1.54) is 28.1 Å². The first-order valence-electron chi connectivity index (χ1n) is 15.3. The fraction of sp³-hybridized carbons (Fsp3) is 0.560. The van der Waals surface area contributed by atoms with Gasteiger partial charge in [-0.15, -0.1) is 0 Å². The van der Waals surface area contributed by atoms with Crippen molar-refractivity contribution in [3.8, 4) is 0 Å². The standard InChI is InChI=1S/C25H31FN10O12P2S2/c1-10(2)44-25(38)41-9-52-50(40)43-4-12-17(13(26)23(46-12)35-7-33-14-19(27)29-5-31-21(14)35)47-49(39,51)42-3-11-16(37)18(48-50)24(45-11)36-8-34-15-20(28)30-6-32-22(15)36/h5-8,10-13,16-18,23-24,37H,3-4,9H2,1-2H3,(H,39,51)(H2,27,29,31)(H2,28,30,32)/t11-,12-,13?,16?,17?,18?,23-,24-,49?,50?/m1/s1. The van der Waals surface area contributed by atoms with E-state index >= 15 is 4.39 Å². The average Bonchev–Trinajstić information content (AvgIpc) is 3.84. The molecule has 5 N–H and O–H groups in total. The second-order valence-electron chi connectivity index (χ2n) is 11.7. The van der Waals surface area contributed by atoms with E-state index in [9.17, 15) is 19.0 Å². The molecule has 0 radical (unpaired) electrons. The number of rotatable bonds is 6. The number of fused-ring (bicyclic) bond motifs is 5. The topological polar surface area (TPSA) is 285 Å². The van der Waals surface area contributed by atoms with E-state index in [-0.39, 0.29) is 34.0 Å². The molecule has 22 nitrogen and oxygen atoms in total. The Bertz CT molecular complexity index is 2060. The van der Waals surface area contributed by atoms with Crippen molar-refractivity contribution in [1.29, 1.82) is 0 Å². The number of carbonyl (C=O) groups is 1. The molecular formula is C25H31FN10O12P2S2. The summed E-state index contributed by atoms with van der Waals surface area (Å²) >= 11 is 4.46. The van der Waals surface area contributed by atoms with Crippen LogP contribution in [0.4, 0.5) is 20.8 Å². The third kappa shape index (κ3) is 7.31. The Morgan fingerprint density at radius 1 is 0.962 bits per heavy atom. The minimum Gasteiger partial charge on any atom is -0.432 e. The zero-order valence-corrected chi connectivity index (χ0v) is 30.4. The van der Waals surface area contributed by atoms with Crippen LogP contribution in [0.15, 0.2) is 25.3 Å². The summed E-state index contributed by atoms with van der Waals surface area (Å²) in [7, 11) is 0. The number of alkyl halides is 1. The zero-order valence-electron chi connectivity index (χ0n) is 26.9. The normalized spacial score (nSPS) is 34.1. The van der Waals surface area contributed by atoms with Gasteiger partial charge >= 0.3 is 19.8 Å². The fourth-order valence-corrected chi connectivity index (χ4v) is 9.86. The largest absolute Gasteiger partial charge is 0.509 e. The Hall–Kier alpha value is -3.22. The number of ether oxygens (including phenoxy) is 4. The van der Waals surface area contributed by atoms with Gasteiger partial charge in [-0.3, -0.25) is 27.2 Å². The average molecular weight is 809 g/mol. The molecule has 3 aliphatic heterocycles. The van der Waals surface area contributed by atoms with Crippen LogP contribution in [-0.2, 0) is 46.2 Å². The van der Waals surface area contributed by atoms with Gasteiger partial charge in [0.15, 0.2) is 47.5 Å². The second-order valence-corrected chi connectivity index (χ2v) is 18.5. The number of aromatic nitrogens is 8. The van der Waals surface area contributed by atoms with Crippen molar-refractivity contribution in [3.63, 3.8) is 0 Å². The van der Waals surface area contributed by atoms with E-state index in [4.69, 9.17) is 48.5 Å². The summed E-state index contributed by atoms with van der Waals surface area (Å²) in [5, 5.41) is 11.4. The van der Waals surface area contributed by atoms with Crippen molar-refractivity contribution in [1.82, 2.24) is 39.0 Å². The molecule has 0 spiro atoms. The summed E-state index contributed by atoms with van der Waals surface area (Å²) in [5.74, 6) is -0.547. The number of aliphatic hydroxyl groups is 1. The van der Waals surface area contributed by atoms with Crippen molar-refractivity contribution < 1.29 is 60.5 Å². The molecule has 4 aromatic rings. The number of hydrogen-bond acceptors (Lipinski definition) is 21. The van der Waals surface area contributed by atoms with Crippen LogP contribution in [0.25, 0.3) is 22.3 Å². The lowest BCUT2D eigenvalue weighted by Gasteiger charge is -2.27. The lowest BCUT2D eigenvalue weighted by molar-refractivity contribution is -0.0568. The number of nitrogen functional groups attached to an aromatic ring is 2. The van der Waals surface area contributed by atoms with Crippen molar-refractivity contribution in [2.24, 2.45) is 0 Å². The number of halogens is 1. The first-order valence-corrected chi connectivity index (χ1v) is 21.1. The number of nitrogens with two attached hydrogens (primary N) is 2. The monoisotopic (exact) mass is 808 g/mol. The minimum atomic E-state index is -4.58. The number of nitrogens with zero attached hydrogens (tertiary/aromatic N) is 8. The van der Waals surface area contributed by atoms with Gasteiger partial charge in [0.2, 0.25) is 0 Å². The maximum Gasteiger partial charge on any atom is 0.509 e. The van der Waals surface area contributed by atoms with Crippen LogP contribution in [0.2, 0.25) is 0 Å². The van der Waals surface area contributed by atoms with Crippen LogP contribution in [-0.4, -0.2) is 112 Å². The van der Waals surface area contributed by atoms with Gasteiger partial charge in [-0.25, -0.2) is 48.2 Å². The number of imidazole rings is 2. The van der Waals surface area contributed by atoms with Gasteiger partial charge in [-0.2, -0.15) is 0 Å². The molecule has 27 heteroatoms. The quantitative estimate of drug-likeness (QED) is 0.0942. The van der Waals surface area contributed by atoms with Crippen LogP contribution >= 0.6 is 37.2 Å². The maximum atomic E-state index is 16.3. The molecule has 3 aliphatic rings. The van der Waals surface area contributed by atoms with Crippen molar-refractivity contribution >= 4 is 77.3 Å². The number of thiol groups is 1. The SMILES string of the molecule is CC(C)OC(=O)OCSP1(=O)OC[C@H]2O[C@@H](n3cnc4c(N)ncnc43)C(F)C2OP(=O)(S)OC[C@H]2O[C@@H](n3cnc4c(N)ncnc43)C(O1)C2O. The van der Waals surface area contributed by atoms with E-state index in [2.05, 4.69) is 42.2 Å². The molecule has 4 aromatic heterocycles. The molecule has 7 heterocycles. The number of anilines is 2. The summed E-state index contributed by atoms with van der Waals surface area (Å²) in [4.78, 5) is 36.6. The lowest BCUT2D eigenvalue weighted by Crippen LogP contribution is -2.35. The molecule has 282 valence electrons. The van der Waals surface area contributed by atoms with Crippen LogP contribution < -0.4 is 11.5 Å². The summed E-state index contributed by atoms with van der Waals surface area (Å²) in [6.45, 7) is -7.20. The summed E-state index contributed by atoms with van der Waals surface area (Å²) in [5.41, 5.74) is 12.5. The highest BCUT2D eigenvalue weighted by atomic mass is 32.7. The summed E-state index contributed by atoms with van der Waals surface area (Å²) < 4.78 is 92.0. The molecule has 0 aromatic carbocycles. The zero-order chi connectivity index (χ0) is 36.9. The van der Waals surface area contributed by atoms with Crippen LogP contribution in [0.3, 0.4) is 0 Å². The Labute approximate surface area is 301 Å². The first-order chi connectivity index (χ1) is 24.7. The highest BCUT2D eigenvalue weighted by Crippen LogP contribution is 2.64. The third-order valence-electron chi connectivity index (χ3n) is 7.93. The van der Waals surface area contributed by atoms with E-state index in [0.717, 1.165) is 6.33 Å². The Kier molecular flexibility index (Phi) is 10.4. The van der Waals surface area contributed by atoms with E-state index < -0.39 is 94.2 Å². The molecule has 2 bridgehead atoms. The second kappa shape index (κ2) is 14.5. The van der Waals surface area contributed by atoms with Gasteiger partial charge in [0.05, 0.1) is 32.0 Å². The highest BCUT2D eigenvalue weighted by molar-refractivity contribution is 8.55. The minimum absolute atomic E-state index is 0.0270. The summed E-state index contributed by atoms with van der Waals surface area (Å²) in [6.07, 6.45) is -9.35. The molecule has 10 atom stereocenters. The van der Waals surface area contributed by atoms with Gasteiger partial charge in [-0.1, -0.05) is 12.2 Å². The Morgan fingerprint density at radius 3 is 2.19 bits per heavy atom. The predicted molar refractivity (Wildman–Crippen MR) is 179 cm³/mol. The van der Waals surface area contributed by atoms with E-state index in [1.54, 1.807) is 13.8 Å². The van der Waals surface area contributed by atoms with Crippen LogP contribution in [0.5, 0.6) is 0 Å². The van der Waals surface area contributed by atoms with E-state index in [0.29, 0.717) is 11.4 Å². The molecule has 3 fully saturated rings. The highest BCUT2D eigenvalue weighted by Gasteiger charge is 2.54. The Morgan fingerprint density at radius 2 is 1.56 bits per heavy atom. The van der Waals surface area contributed by atoms with Gasteiger partial charge in [-0.05, 0) is 13.8 Å². The van der Waals surface area contributed by atoms with Gasteiger partial charge < -0.3 is 35.5 Å². The number of aliphatic hydroxyl groups excluding tert-OH is 1. The molecular weight excluding hydrogens is 777 g/mol. The molecule has 7 rings (SSSR count).